The number of fused-ring (bicyclic) bond motifs is 1. The largest absolute Gasteiger partial charge is 0.578 e. The van der Waals surface area contributed by atoms with Crippen molar-refractivity contribution in [3.8, 4) is 0 Å². The summed E-state index contributed by atoms with van der Waals surface area (Å²) in [5.41, 5.74) is 11.6. The minimum absolute atomic E-state index is 0.00239. The van der Waals surface area contributed by atoms with Gasteiger partial charge >= 0.3 is 0 Å². The Hall–Kier alpha value is -1.58. The summed E-state index contributed by atoms with van der Waals surface area (Å²) in [6.45, 7) is 2.07. The molecule has 26 heavy (non-hydrogen) atoms. The van der Waals surface area contributed by atoms with Crippen LogP contribution in [0.4, 0.5) is 4.39 Å². The summed E-state index contributed by atoms with van der Waals surface area (Å²) in [4.78, 5) is 13.0. The highest BCUT2D eigenvalue weighted by Gasteiger charge is 2.41. The molecule has 3 aliphatic rings. The number of amides is 1. The number of hydrogen-bond donors (Lipinski definition) is 4. The van der Waals surface area contributed by atoms with Crippen LogP contribution in [0.25, 0.3) is 5.43 Å². The molecule has 7 nitrogen and oxygen atoms in total. The Morgan fingerprint density at radius 3 is 2.92 bits per heavy atom. The number of nitrogens with two attached hydrogens (primary N) is 1. The van der Waals surface area contributed by atoms with Crippen LogP contribution in [0.15, 0.2) is 30.3 Å². The Kier molecular flexibility index (Phi) is 5.19. The minimum atomic E-state index is -0.992. The molecule has 3 heterocycles. The molecule has 0 aliphatic carbocycles. The number of carbonyl (C=O) groups is 1. The van der Waals surface area contributed by atoms with E-state index in [1.165, 1.54) is 5.56 Å². The zero-order valence-corrected chi connectivity index (χ0v) is 14.6. The average Bonchev–Trinajstić information content (AvgIpc) is 2.97. The Morgan fingerprint density at radius 1 is 1.31 bits per heavy atom. The van der Waals surface area contributed by atoms with E-state index in [1.54, 1.807) is 5.01 Å². The average molecular weight is 361 g/mol. The molecule has 1 aromatic carbocycles. The van der Waals surface area contributed by atoms with Crippen molar-refractivity contribution in [1.82, 2.24) is 21.0 Å². The molecule has 0 saturated carbocycles. The second-order valence-corrected chi connectivity index (χ2v) is 7.33. The summed E-state index contributed by atoms with van der Waals surface area (Å²) in [7, 11) is 0. The van der Waals surface area contributed by atoms with Crippen LogP contribution in [-0.4, -0.2) is 61.6 Å². The third-order valence-electron chi connectivity index (χ3n) is 5.58. The molecular weight excluding hydrogens is 335 g/mol. The quantitative estimate of drug-likeness (QED) is 0.609. The van der Waals surface area contributed by atoms with Gasteiger partial charge in [0.2, 0.25) is 5.91 Å². The van der Waals surface area contributed by atoms with E-state index >= 15 is 0 Å². The van der Waals surface area contributed by atoms with Crippen LogP contribution >= 0.6 is 0 Å². The van der Waals surface area contributed by atoms with Gasteiger partial charge in [0.25, 0.3) is 0 Å². The second kappa shape index (κ2) is 7.58. The van der Waals surface area contributed by atoms with Gasteiger partial charge in [0.1, 0.15) is 6.17 Å². The van der Waals surface area contributed by atoms with Gasteiger partial charge in [0, 0.05) is 31.6 Å². The monoisotopic (exact) mass is 361 g/mol. The molecule has 0 spiro atoms. The molecule has 6 atom stereocenters. The highest BCUT2D eigenvalue weighted by molar-refractivity contribution is 5.81. The van der Waals surface area contributed by atoms with E-state index in [0.29, 0.717) is 0 Å². The lowest BCUT2D eigenvalue weighted by molar-refractivity contribution is -0.127. The number of benzene rings is 1. The lowest BCUT2D eigenvalue weighted by atomic mass is 9.85. The van der Waals surface area contributed by atoms with Crippen LogP contribution in [-0.2, 0) is 4.79 Å². The molecule has 0 aromatic heterocycles. The van der Waals surface area contributed by atoms with Gasteiger partial charge in [-0.2, -0.15) is 0 Å². The Balaban J connectivity index is 1.46. The zero-order valence-electron chi connectivity index (χ0n) is 14.6. The molecule has 3 fully saturated rings. The third-order valence-corrected chi connectivity index (χ3v) is 5.58. The topological polar surface area (TPSA) is 96.5 Å². The summed E-state index contributed by atoms with van der Waals surface area (Å²) in [5, 5.41) is 11.2. The van der Waals surface area contributed by atoms with Crippen molar-refractivity contribution in [2.45, 2.75) is 36.9 Å². The fourth-order valence-electron chi connectivity index (χ4n) is 4.28. The normalized spacial score (nSPS) is 37.9. The maximum Gasteiger partial charge on any atom is 0.226 e. The minimum Gasteiger partial charge on any atom is -0.578 e. The molecule has 0 radical (unpaired) electrons. The second-order valence-electron chi connectivity index (χ2n) is 7.33. The van der Waals surface area contributed by atoms with Gasteiger partial charge in [-0.1, -0.05) is 36.5 Å². The van der Waals surface area contributed by atoms with Crippen molar-refractivity contribution in [2.24, 2.45) is 11.7 Å². The van der Waals surface area contributed by atoms with Crippen molar-refractivity contribution < 1.29 is 9.18 Å². The Bertz CT molecular complexity index is 631. The lowest BCUT2D eigenvalue weighted by Gasteiger charge is -2.42. The number of carbonyl (C=O) groups excluding carboxylic acids is 1. The number of alkyl halides is 1. The number of nitrogens with one attached hydrogen (secondary N) is 3. The maximum atomic E-state index is 13.6. The van der Waals surface area contributed by atoms with E-state index in [1.807, 2.05) is 18.2 Å². The van der Waals surface area contributed by atoms with Crippen LogP contribution in [0.1, 0.15) is 17.9 Å². The molecule has 0 bridgehead atoms. The third kappa shape index (κ3) is 3.47. The van der Waals surface area contributed by atoms with Crippen LogP contribution < -0.4 is 21.7 Å². The van der Waals surface area contributed by atoms with Crippen molar-refractivity contribution in [3.63, 3.8) is 0 Å². The van der Waals surface area contributed by atoms with E-state index in [0.717, 1.165) is 19.5 Å². The van der Waals surface area contributed by atoms with Gasteiger partial charge in [-0.3, -0.25) is 10.1 Å². The predicted octanol–water partition coefficient (Wildman–Crippen LogP) is 0.0210. The van der Waals surface area contributed by atoms with Crippen LogP contribution in [0.2, 0.25) is 0 Å². The van der Waals surface area contributed by atoms with E-state index in [-0.39, 0.29) is 37.1 Å². The first-order valence-corrected chi connectivity index (χ1v) is 9.30. The molecule has 4 rings (SSSR count). The lowest BCUT2D eigenvalue weighted by Crippen LogP contribution is -2.59. The summed E-state index contributed by atoms with van der Waals surface area (Å²) < 4.78 is 13.6. The summed E-state index contributed by atoms with van der Waals surface area (Å²) >= 11 is 0. The van der Waals surface area contributed by atoms with Gasteiger partial charge < -0.3 is 26.8 Å². The highest BCUT2D eigenvalue weighted by atomic mass is 19.1. The maximum absolute atomic E-state index is 13.6. The standard InChI is InChI=1S/C18H26FN6O/c19-12-8-22-17-15(16(20)24-25(17)10-12)18(26)23-14-9-21-7-6-13(14)11-4-2-1-3-5-11/h1-5,12-17,21-22H,6-10,20H2,(H,23,26)/q-1. The molecule has 6 unspecified atom stereocenters. The van der Waals surface area contributed by atoms with E-state index < -0.39 is 18.3 Å². The van der Waals surface area contributed by atoms with Crippen LogP contribution in [0.3, 0.4) is 0 Å². The van der Waals surface area contributed by atoms with Gasteiger partial charge in [-0.15, -0.1) is 0 Å². The SMILES string of the molecule is NC1[N-]N2CC(F)CNC2C1C(=O)NC1CNCCC1c1ccccc1. The van der Waals surface area contributed by atoms with Crippen molar-refractivity contribution in [3.05, 3.63) is 41.3 Å². The first-order valence-electron chi connectivity index (χ1n) is 9.30. The number of halogens is 1. The first kappa shape index (κ1) is 17.8. The predicted molar refractivity (Wildman–Crippen MR) is 96.8 cm³/mol. The summed E-state index contributed by atoms with van der Waals surface area (Å²) in [5.74, 6) is -0.365. The molecule has 1 amide bonds. The number of rotatable bonds is 3. The molecule has 142 valence electrons. The van der Waals surface area contributed by atoms with Crippen molar-refractivity contribution >= 4 is 5.91 Å². The fourth-order valence-corrected chi connectivity index (χ4v) is 4.28. The molecule has 3 saturated heterocycles. The molecule has 8 heteroatoms. The highest BCUT2D eigenvalue weighted by Crippen LogP contribution is 2.32. The fraction of sp³-hybridized carbons (Fsp3) is 0.611. The molecule has 5 N–H and O–H groups in total. The van der Waals surface area contributed by atoms with Gasteiger partial charge in [0.15, 0.2) is 0 Å². The van der Waals surface area contributed by atoms with Gasteiger partial charge in [-0.05, 0) is 18.5 Å². The zero-order chi connectivity index (χ0) is 18.1. The molecule has 1 aromatic rings. The van der Waals surface area contributed by atoms with Crippen LogP contribution in [0.5, 0.6) is 0 Å². The van der Waals surface area contributed by atoms with E-state index in [4.69, 9.17) is 5.73 Å². The van der Waals surface area contributed by atoms with Gasteiger partial charge in [0.05, 0.1) is 12.1 Å². The first-order chi connectivity index (χ1) is 12.6. The van der Waals surface area contributed by atoms with E-state index in [2.05, 4.69) is 33.5 Å². The molecular formula is C18H26FN6O-. The van der Waals surface area contributed by atoms with Crippen molar-refractivity contribution in [2.75, 3.05) is 26.2 Å². The summed E-state index contributed by atoms with van der Waals surface area (Å²) in [6.07, 6.45) is -1.00. The number of piperidine rings is 1. The Morgan fingerprint density at radius 2 is 2.12 bits per heavy atom. The Labute approximate surface area is 152 Å². The smallest absolute Gasteiger partial charge is 0.226 e. The van der Waals surface area contributed by atoms with Crippen molar-refractivity contribution in [1.29, 1.82) is 0 Å². The van der Waals surface area contributed by atoms with Gasteiger partial charge in [-0.25, -0.2) is 4.39 Å². The van der Waals surface area contributed by atoms with Crippen LogP contribution in [0, 0.1) is 5.92 Å². The number of hydrogen-bond acceptors (Lipinski definition) is 5. The molecule has 3 aliphatic heterocycles. The number of nitrogens with zero attached hydrogens (tertiary/aromatic N) is 2. The summed E-state index contributed by atoms with van der Waals surface area (Å²) in [6, 6.07) is 10.3. The van der Waals surface area contributed by atoms with E-state index in [9.17, 15) is 9.18 Å².